The highest BCUT2D eigenvalue weighted by Gasteiger charge is 2.82. The van der Waals surface area contributed by atoms with E-state index in [0.717, 1.165) is 34.8 Å². The lowest BCUT2D eigenvalue weighted by Crippen LogP contribution is -2.87. The van der Waals surface area contributed by atoms with E-state index in [1.807, 2.05) is 0 Å². The van der Waals surface area contributed by atoms with Crippen molar-refractivity contribution in [3.63, 3.8) is 0 Å². The van der Waals surface area contributed by atoms with E-state index in [1.54, 1.807) is 0 Å². The molecule has 0 aromatic carbocycles. The molecule has 0 aliphatic carbocycles. The van der Waals surface area contributed by atoms with Crippen molar-refractivity contribution in [2.24, 2.45) is 0 Å². The van der Waals surface area contributed by atoms with Crippen LogP contribution in [0.15, 0.2) is 0 Å². The van der Waals surface area contributed by atoms with E-state index < -0.39 is 52.1 Å². The minimum atomic E-state index is -2.37. The number of carbonyl (C=O) groups is 4. The molecule has 0 bridgehead atoms. The first-order chi connectivity index (χ1) is 12.4. The van der Waals surface area contributed by atoms with Gasteiger partial charge in [0.1, 0.15) is 0 Å². The quantitative estimate of drug-likeness (QED) is 0.525. The normalized spacial score (nSPS) is 40.2. The Morgan fingerprint density at radius 3 is 1.43 bits per heavy atom. The average Bonchev–Trinajstić information content (AvgIpc) is 2.49. The first-order valence-corrected chi connectivity index (χ1v) is 8.54. The van der Waals surface area contributed by atoms with E-state index in [2.05, 4.69) is 0 Å². The molecule has 0 saturated carbocycles. The molecule has 1 aliphatic rings. The van der Waals surface area contributed by atoms with Crippen LogP contribution in [0.2, 0.25) is 0 Å². The van der Waals surface area contributed by atoms with Gasteiger partial charge in [0.05, 0.1) is 7.11 Å². The average molecular weight is 404 g/mol. The van der Waals surface area contributed by atoms with Gasteiger partial charge in [-0.15, -0.1) is 0 Å². The van der Waals surface area contributed by atoms with Crippen LogP contribution in [0.5, 0.6) is 0 Å². The van der Waals surface area contributed by atoms with Crippen LogP contribution in [0.1, 0.15) is 55.4 Å². The maximum atomic E-state index is 12.7. The summed E-state index contributed by atoms with van der Waals surface area (Å²) in [6.07, 6.45) is 0. The summed E-state index contributed by atoms with van der Waals surface area (Å²) in [5, 5.41) is 11.1. The van der Waals surface area contributed by atoms with Gasteiger partial charge in [-0.05, 0) is 34.6 Å². The van der Waals surface area contributed by atoms with Crippen LogP contribution in [0, 0.1) is 0 Å². The van der Waals surface area contributed by atoms with Gasteiger partial charge >= 0.3 is 23.9 Å². The smallest absolute Gasteiger partial charge is 0.342 e. The van der Waals surface area contributed by atoms with Gasteiger partial charge in [-0.2, -0.15) is 0 Å². The maximum Gasteiger partial charge on any atom is 0.342 e. The summed E-state index contributed by atoms with van der Waals surface area (Å²) in [6.45, 7) is 9.37. The van der Waals surface area contributed by atoms with E-state index in [9.17, 15) is 24.3 Å². The van der Waals surface area contributed by atoms with Crippen LogP contribution in [0.3, 0.4) is 0 Å². The molecule has 1 fully saturated rings. The largest absolute Gasteiger partial charge is 0.467 e. The summed E-state index contributed by atoms with van der Waals surface area (Å²) >= 11 is 0. The van der Waals surface area contributed by atoms with Crippen molar-refractivity contribution in [3.8, 4) is 0 Å². The van der Waals surface area contributed by atoms with E-state index in [1.165, 1.54) is 27.7 Å². The van der Waals surface area contributed by atoms with Crippen molar-refractivity contribution in [1.29, 1.82) is 0 Å². The van der Waals surface area contributed by atoms with Crippen LogP contribution < -0.4 is 0 Å². The molecule has 1 N–H and O–H groups in total. The zero-order chi connectivity index (χ0) is 22.3. The van der Waals surface area contributed by atoms with Crippen molar-refractivity contribution < 1.29 is 48.0 Å². The second kappa shape index (κ2) is 7.00. The van der Waals surface area contributed by atoms with Crippen molar-refractivity contribution in [2.75, 3.05) is 7.11 Å². The number of esters is 4. The third kappa shape index (κ3) is 3.14. The number of hydrogen-bond acceptors (Lipinski definition) is 10. The topological polar surface area (TPSA) is 135 Å². The Balaban J connectivity index is 4.02. The Morgan fingerprint density at radius 2 is 1.07 bits per heavy atom. The fourth-order valence-electron chi connectivity index (χ4n) is 3.82. The summed E-state index contributed by atoms with van der Waals surface area (Å²) in [7, 11) is 1.07. The summed E-state index contributed by atoms with van der Waals surface area (Å²) in [4.78, 5) is 48.4. The van der Waals surface area contributed by atoms with Gasteiger partial charge in [0.25, 0.3) is 0 Å². The molecule has 1 aliphatic heterocycles. The summed E-state index contributed by atoms with van der Waals surface area (Å²) in [6, 6.07) is 0. The number of methoxy groups -OCH3 is 1. The summed E-state index contributed by atoms with van der Waals surface area (Å²) < 4.78 is 26.8. The molecule has 0 amide bonds. The van der Waals surface area contributed by atoms with Gasteiger partial charge in [0.2, 0.25) is 17.0 Å². The van der Waals surface area contributed by atoms with Crippen molar-refractivity contribution in [1.82, 2.24) is 0 Å². The molecular weight excluding hydrogens is 376 g/mol. The predicted octanol–water partition coefficient (Wildman–Crippen LogP) is 0.622. The first-order valence-electron chi connectivity index (χ1n) is 8.54. The molecule has 1 rings (SSSR count). The van der Waals surface area contributed by atoms with E-state index >= 15 is 0 Å². The number of rotatable bonds is 4. The van der Waals surface area contributed by atoms with E-state index in [-0.39, 0.29) is 0 Å². The van der Waals surface area contributed by atoms with Crippen LogP contribution in [0.25, 0.3) is 0 Å². The van der Waals surface area contributed by atoms with Crippen LogP contribution >= 0.6 is 0 Å². The third-order valence-corrected chi connectivity index (χ3v) is 5.64. The third-order valence-electron chi connectivity index (χ3n) is 5.64. The number of hydrogen-bond donors (Lipinski definition) is 1. The molecule has 1 saturated heterocycles. The Kier molecular flexibility index (Phi) is 5.96. The lowest BCUT2D eigenvalue weighted by Gasteiger charge is -2.65. The molecule has 0 radical (unpaired) electrons. The van der Waals surface area contributed by atoms with Gasteiger partial charge in [-0.1, -0.05) is 0 Å². The Labute approximate surface area is 163 Å². The van der Waals surface area contributed by atoms with Crippen LogP contribution in [-0.2, 0) is 42.9 Å². The van der Waals surface area contributed by atoms with Crippen LogP contribution in [-0.4, -0.2) is 64.3 Å². The first kappa shape index (κ1) is 23.8. The highest BCUT2D eigenvalue weighted by atomic mass is 16.7. The molecule has 160 valence electrons. The fourth-order valence-corrected chi connectivity index (χ4v) is 3.82. The minimum absolute atomic E-state index is 0.836. The molecule has 1 heterocycles. The molecule has 0 aromatic rings. The van der Waals surface area contributed by atoms with Crippen molar-refractivity contribution >= 4 is 23.9 Å². The lowest BCUT2D eigenvalue weighted by molar-refractivity contribution is -0.437. The maximum absolute atomic E-state index is 12.7. The van der Waals surface area contributed by atoms with Gasteiger partial charge in [0.15, 0.2) is 11.2 Å². The Hall–Kier alpha value is -2.20. The molecule has 0 aromatic heterocycles. The van der Waals surface area contributed by atoms with Gasteiger partial charge in [-0.3, -0.25) is 14.4 Å². The van der Waals surface area contributed by atoms with Crippen LogP contribution in [0.4, 0.5) is 0 Å². The van der Waals surface area contributed by atoms with Gasteiger partial charge < -0.3 is 28.8 Å². The molecule has 0 spiro atoms. The lowest BCUT2D eigenvalue weighted by atomic mass is 9.60. The molecule has 10 heteroatoms. The summed E-state index contributed by atoms with van der Waals surface area (Å²) in [5.41, 5.74) is -8.43. The minimum Gasteiger partial charge on any atom is -0.467 e. The van der Waals surface area contributed by atoms with Gasteiger partial charge in [-0.25, -0.2) is 4.79 Å². The predicted molar refractivity (Wildman–Crippen MR) is 92.6 cm³/mol. The summed E-state index contributed by atoms with van der Waals surface area (Å²) in [5.74, 6) is -5.90. The Morgan fingerprint density at radius 1 is 0.714 bits per heavy atom. The molecule has 10 nitrogen and oxygen atoms in total. The highest BCUT2D eigenvalue weighted by molar-refractivity contribution is 5.83. The SMILES string of the molecule is COC(=O)[C@@]1(C)O[C@](C)(O)[C@@](C)(OC(C)=O)[C@@](C)(OC(C)=O)[C@@]1(C)OC(C)=O. The second-order valence-corrected chi connectivity index (χ2v) is 7.49. The molecule has 5 atom stereocenters. The van der Waals surface area contributed by atoms with Gasteiger partial charge in [0, 0.05) is 20.8 Å². The molecule has 0 unspecified atom stereocenters. The molecule has 28 heavy (non-hydrogen) atoms. The van der Waals surface area contributed by atoms with Crippen molar-refractivity contribution in [3.05, 3.63) is 0 Å². The van der Waals surface area contributed by atoms with E-state index in [0.29, 0.717) is 0 Å². The highest BCUT2D eigenvalue weighted by Crippen LogP contribution is 2.58. The standard InChI is InChI=1S/C18H28O10/c1-10(19)25-15(5)14(4,13(22)24-9)28-18(8,23)17(7,27-12(3)21)16(15,6)26-11(2)20/h23H,1-9H3/t14-,15+,16+,17+,18+/m1/s1. The zero-order valence-corrected chi connectivity index (χ0v) is 17.6. The Bertz CT molecular complexity index is 700. The van der Waals surface area contributed by atoms with E-state index in [4.69, 9.17) is 23.7 Å². The number of aliphatic hydroxyl groups is 1. The monoisotopic (exact) mass is 404 g/mol. The molecular formula is C18H28O10. The number of carbonyl (C=O) groups excluding carboxylic acids is 4. The van der Waals surface area contributed by atoms with Crippen molar-refractivity contribution in [2.45, 2.75) is 83.6 Å². The zero-order valence-electron chi connectivity index (χ0n) is 17.6. The fraction of sp³-hybridized carbons (Fsp3) is 0.778. The second-order valence-electron chi connectivity index (χ2n) is 7.49. The number of ether oxygens (including phenoxy) is 5.